The summed E-state index contributed by atoms with van der Waals surface area (Å²) in [5.41, 5.74) is 1.36. The van der Waals surface area contributed by atoms with Crippen LogP contribution in [0.1, 0.15) is 10.4 Å². The number of esters is 1. The number of para-hydroxylation sites is 1. The normalized spacial score (nSPS) is 11.6. The van der Waals surface area contributed by atoms with Crippen LogP contribution in [0.3, 0.4) is 0 Å². The summed E-state index contributed by atoms with van der Waals surface area (Å²) in [6, 6.07) is 16.4. The summed E-state index contributed by atoms with van der Waals surface area (Å²) >= 11 is 1.37. The molecule has 1 heterocycles. The number of fused-ring (bicyclic) bond motifs is 1. The Hall–Kier alpha value is -2.73. The molecule has 23 heavy (non-hydrogen) atoms. The molecule has 0 aliphatic heterocycles. The first-order valence-electron chi connectivity index (χ1n) is 6.98. The summed E-state index contributed by atoms with van der Waals surface area (Å²) in [6.45, 7) is 0.0153. The van der Waals surface area contributed by atoms with Gasteiger partial charge in [0.25, 0.3) is 5.91 Å². The van der Waals surface area contributed by atoms with Gasteiger partial charge in [-0.05, 0) is 24.3 Å². The van der Waals surface area contributed by atoms with Crippen LogP contribution in [-0.4, -0.2) is 23.6 Å². The van der Waals surface area contributed by atoms with Gasteiger partial charge in [0.15, 0.2) is 4.80 Å². The average molecular weight is 326 g/mol. The van der Waals surface area contributed by atoms with E-state index >= 15 is 0 Å². The minimum Gasteiger partial charge on any atom is -0.468 e. The van der Waals surface area contributed by atoms with Crippen molar-refractivity contribution in [2.75, 3.05) is 7.11 Å². The standard InChI is InChI=1S/C17H14N2O3S/c1-22-15(20)11-19-13-9-5-6-10-14(13)23-17(19)18-16(21)12-7-3-2-4-8-12/h2-10H,11H2,1H3. The van der Waals surface area contributed by atoms with Crippen LogP contribution in [0.2, 0.25) is 0 Å². The van der Waals surface area contributed by atoms with Gasteiger partial charge in [0.1, 0.15) is 6.54 Å². The van der Waals surface area contributed by atoms with Gasteiger partial charge in [-0.25, -0.2) is 0 Å². The van der Waals surface area contributed by atoms with E-state index in [9.17, 15) is 9.59 Å². The molecule has 0 spiro atoms. The molecule has 0 atom stereocenters. The molecule has 2 aromatic carbocycles. The van der Waals surface area contributed by atoms with Crippen molar-refractivity contribution in [1.29, 1.82) is 0 Å². The lowest BCUT2D eigenvalue weighted by Gasteiger charge is -2.03. The molecule has 6 heteroatoms. The molecule has 0 fully saturated rings. The number of nitrogens with zero attached hydrogens (tertiary/aromatic N) is 2. The number of amides is 1. The second-order valence-corrected chi connectivity index (χ2v) is 5.81. The quantitative estimate of drug-likeness (QED) is 0.695. The lowest BCUT2D eigenvalue weighted by Crippen LogP contribution is -2.22. The SMILES string of the molecule is COC(=O)Cn1c(=NC(=O)c2ccccc2)sc2ccccc21. The van der Waals surface area contributed by atoms with E-state index < -0.39 is 0 Å². The maximum absolute atomic E-state index is 12.3. The summed E-state index contributed by atoms with van der Waals surface area (Å²) in [5, 5.41) is 0. The van der Waals surface area contributed by atoms with E-state index in [1.165, 1.54) is 18.4 Å². The number of hydrogen-bond donors (Lipinski definition) is 0. The second kappa shape index (κ2) is 6.58. The van der Waals surface area contributed by atoms with Gasteiger partial charge in [-0.15, -0.1) is 0 Å². The van der Waals surface area contributed by atoms with Gasteiger partial charge >= 0.3 is 5.97 Å². The smallest absolute Gasteiger partial charge is 0.325 e. The molecular formula is C17H14N2O3S. The van der Waals surface area contributed by atoms with E-state index in [-0.39, 0.29) is 18.4 Å². The Morgan fingerprint density at radius 2 is 1.78 bits per heavy atom. The molecule has 0 N–H and O–H groups in total. The van der Waals surface area contributed by atoms with Crippen molar-refractivity contribution < 1.29 is 14.3 Å². The first-order chi connectivity index (χ1) is 11.2. The average Bonchev–Trinajstić information content (AvgIpc) is 2.93. The van der Waals surface area contributed by atoms with Crippen molar-refractivity contribution in [1.82, 2.24) is 4.57 Å². The van der Waals surface area contributed by atoms with Crippen LogP contribution in [0.4, 0.5) is 0 Å². The lowest BCUT2D eigenvalue weighted by molar-refractivity contribution is -0.141. The number of hydrogen-bond acceptors (Lipinski definition) is 4. The predicted molar refractivity (Wildman–Crippen MR) is 88.2 cm³/mol. The number of carbonyl (C=O) groups is 2. The highest BCUT2D eigenvalue weighted by molar-refractivity contribution is 7.16. The second-order valence-electron chi connectivity index (χ2n) is 4.80. The Labute approximate surface area is 136 Å². The van der Waals surface area contributed by atoms with E-state index in [0.717, 1.165) is 10.2 Å². The number of aromatic nitrogens is 1. The summed E-state index contributed by atoms with van der Waals surface area (Å²) in [4.78, 5) is 28.6. The van der Waals surface area contributed by atoms with Crippen LogP contribution >= 0.6 is 11.3 Å². The fraction of sp³-hybridized carbons (Fsp3) is 0.118. The number of ether oxygens (including phenoxy) is 1. The number of methoxy groups -OCH3 is 1. The fourth-order valence-corrected chi connectivity index (χ4v) is 3.21. The Balaban J connectivity index is 2.12. The van der Waals surface area contributed by atoms with Crippen LogP contribution in [0.5, 0.6) is 0 Å². The number of carbonyl (C=O) groups excluding carboxylic acids is 2. The van der Waals surface area contributed by atoms with Crippen LogP contribution in [0.15, 0.2) is 59.6 Å². The maximum atomic E-state index is 12.3. The van der Waals surface area contributed by atoms with Gasteiger partial charge in [0.2, 0.25) is 0 Å². The van der Waals surface area contributed by atoms with Crippen molar-refractivity contribution in [3.63, 3.8) is 0 Å². The summed E-state index contributed by atoms with van der Waals surface area (Å²) < 4.78 is 7.39. The Morgan fingerprint density at radius 1 is 1.09 bits per heavy atom. The first kappa shape index (κ1) is 15.2. The van der Waals surface area contributed by atoms with Crippen molar-refractivity contribution >= 4 is 33.4 Å². The molecule has 0 aliphatic rings. The molecule has 0 unspecified atom stereocenters. The molecule has 0 aliphatic carbocycles. The van der Waals surface area contributed by atoms with E-state index in [1.54, 1.807) is 28.8 Å². The zero-order chi connectivity index (χ0) is 16.2. The van der Waals surface area contributed by atoms with Gasteiger partial charge in [-0.3, -0.25) is 9.59 Å². The van der Waals surface area contributed by atoms with Gasteiger partial charge in [0.05, 0.1) is 17.3 Å². The highest BCUT2D eigenvalue weighted by Gasteiger charge is 2.11. The van der Waals surface area contributed by atoms with Crippen molar-refractivity contribution in [2.24, 2.45) is 4.99 Å². The summed E-state index contributed by atoms with van der Waals surface area (Å²) in [6.07, 6.45) is 0. The monoisotopic (exact) mass is 326 g/mol. The molecule has 1 aromatic heterocycles. The topological polar surface area (TPSA) is 60.7 Å². The third-order valence-corrected chi connectivity index (χ3v) is 4.38. The third-order valence-electron chi connectivity index (χ3n) is 3.32. The van der Waals surface area contributed by atoms with Crippen molar-refractivity contribution in [3.8, 4) is 0 Å². The highest BCUT2D eigenvalue weighted by Crippen LogP contribution is 2.17. The lowest BCUT2D eigenvalue weighted by atomic mass is 10.2. The summed E-state index contributed by atoms with van der Waals surface area (Å²) in [5.74, 6) is -0.724. The van der Waals surface area contributed by atoms with E-state index in [4.69, 9.17) is 4.74 Å². The third kappa shape index (κ3) is 3.22. The Kier molecular flexibility index (Phi) is 4.34. The van der Waals surface area contributed by atoms with E-state index in [1.807, 2.05) is 30.3 Å². The van der Waals surface area contributed by atoms with Gasteiger partial charge in [-0.1, -0.05) is 41.7 Å². The number of thiazole rings is 1. The Bertz CT molecular complexity index is 926. The molecule has 0 saturated carbocycles. The van der Waals surface area contributed by atoms with Crippen LogP contribution in [0.25, 0.3) is 10.2 Å². The van der Waals surface area contributed by atoms with E-state index in [0.29, 0.717) is 10.4 Å². The summed E-state index contributed by atoms with van der Waals surface area (Å²) in [7, 11) is 1.34. The Morgan fingerprint density at radius 3 is 2.52 bits per heavy atom. The maximum Gasteiger partial charge on any atom is 0.325 e. The largest absolute Gasteiger partial charge is 0.468 e. The number of benzene rings is 2. The molecule has 3 rings (SSSR count). The number of rotatable bonds is 3. The molecule has 3 aromatic rings. The van der Waals surface area contributed by atoms with Gasteiger partial charge in [-0.2, -0.15) is 4.99 Å². The zero-order valence-electron chi connectivity index (χ0n) is 12.4. The van der Waals surface area contributed by atoms with E-state index in [2.05, 4.69) is 4.99 Å². The predicted octanol–water partition coefficient (Wildman–Crippen LogP) is 2.62. The molecule has 116 valence electrons. The van der Waals surface area contributed by atoms with Crippen LogP contribution in [0, 0.1) is 0 Å². The molecular weight excluding hydrogens is 312 g/mol. The molecule has 0 saturated heterocycles. The first-order valence-corrected chi connectivity index (χ1v) is 7.80. The molecule has 0 radical (unpaired) electrons. The zero-order valence-corrected chi connectivity index (χ0v) is 13.2. The minimum atomic E-state index is -0.387. The van der Waals surface area contributed by atoms with Crippen LogP contribution in [-0.2, 0) is 16.1 Å². The molecule has 0 bridgehead atoms. The van der Waals surface area contributed by atoms with Crippen molar-refractivity contribution in [3.05, 3.63) is 65.0 Å². The minimum absolute atomic E-state index is 0.0153. The van der Waals surface area contributed by atoms with Crippen LogP contribution < -0.4 is 4.80 Å². The highest BCUT2D eigenvalue weighted by atomic mass is 32.1. The molecule has 1 amide bonds. The van der Waals surface area contributed by atoms with Gasteiger partial charge in [0, 0.05) is 5.56 Å². The fourth-order valence-electron chi connectivity index (χ4n) is 2.18. The van der Waals surface area contributed by atoms with Gasteiger partial charge < -0.3 is 9.30 Å². The van der Waals surface area contributed by atoms with Crippen molar-refractivity contribution in [2.45, 2.75) is 6.54 Å². The molecule has 5 nitrogen and oxygen atoms in total.